The smallest absolute Gasteiger partial charge is 0.393 e. The number of amides is 1. The number of ether oxygens (including phenoxy) is 1. The Kier molecular flexibility index (Phi) is 7.01. The van der Waals surface area contributed by atoms with Crippen molar-refractivity contribution < 1.29 is 14.1 Å². The summed E-state index contributed by atoms with van der Waals surface area (Å²) in [6.07, 6.45) is 1.28. The van der Waals surface area contributed by atoms with Crippen LogP contribution in [0.1, 0.15) is 37.9 Å². The maximum Gasteiger partial charge on any atom is 0.414 e. The Bertz CT molecular complexity index is 1420. The molecule has 4 heterocycles. The molecule has 0 aliphatic carbocycles. The Morgan fingerprint density at radius 3 is 2.78 bits per heavy atom. The van der Waals surface area contributed by atoms with Crippen LogP contribution in [-0.4, -0.2) is 45.9 Å². The van der Waals surface area contributed by atoms with Crippen LogP contribution in [0, 0.1) is 11.3 Å². The number of carbonyl (C=O) groups is 1. The largest absolute Gasteiger partial charge is 0.414 e. The van der Waals surface area contributed by atoms with E-state index in [1.807, 2.05) is 28.8 Å². The van der Waals surface area contributed by atoms with E-state index in [2.05, 4.69) is 35.3 Å². The number of hydrogen-bond acceptors (Lipinski definition) is 7. The van der Waals surface area contributed by atoms with Gasteiger partial charge >= 0.3 is 6.09 Å². The minimum Gasteiger partial charge on any atom is -0.393 e. The molecule has 5 rings (SSSR count). The number of benzene rings is 1. The van der Waals surface area contributed by atoms with Gasteiger partial charge < -0.3 is 24.0 Å². The van der Waals surface area contributed by atoms with Crippen LogP contribution in [0.5, 0.6) is 5.88 Å². The molecule has 1 aromatic carbocycles. The van der Waals surface area contributed by atoms with Crippen molar-refractivity contribution in [2.45, 2.75) is 45.3 Å². The predicted molar refractivity (Wildman–Crippen MR) is 139 cm³/mol. The topological polar surface area (TPSA) is 96.3 Å². The first-order valence-electron chi connectivity index (χ1n) is 11.9. The van der Waals surface area contributed by atoms with E-state index in [-0.39, 0.29) is 6.04 Å². The van der Waals surface area contributed by atoms with E-state index < -0.39 is 6.09 Å². The van der Waals surface area contributed by atoms with Gasteiger partial charge in [0.1, 0.15) is 5.69 Å². The van der Waals surface area contributed by atoms with Crippen LogP contribution in [-0.2, 0) is 6.54 Å². The Morgan fingerprint density at radius 2 is 2.08 bits per heavy atom. The van der Waals surface area contributed by atoms with E-state index in [9.17, 15) is 10.1 Å². The number of nitriles is 1. The van der Waals surface area contributed by atoms with Gasteiger partial charge in [-0.15, -0.1) is 11.3 Å². The lowest BCUT2D eigenvalue weighted by molar-refractivity contribution is 0.151. The maximum absolute atomic E-state index is 12.8. The van der Waals surface area contributed by atoms with Gasteiger partial charge in [0.2, 0.25) is 5.88 Å². The molecule has 0 radical (unpaired) electrons. The second-order valence-corrected chi connectivity index (χ2v) is 10.9. The second-order valence-electron chi connectivity index (χ2n) is 9.18. The fraction of sp³-hybridized carbons (Fsp3) is 0.346. The number of fused-ring (bicyclic) bond motifs is 1. The lowest BCUT2D eigenvalue weighted by atomic mass is 10.0. The zero-order chi connectivity index (χ0) is 25.2. The summed E-state index contributed by atoms with van der Waals surface area (Å²) in [6.45, 7) is 6.60. The van der Waals surface area contributed by atoms with Crippen molar-refractivity contribution in [1.82, 2.24) is 19.9 Å². The molecule has 186 valence electrons. The van der Waals surface area contributed by atoms with Gasteiger partial charge in [0.25, 0.3) is 0 Å². The summed E-state index contributed by atoms with van der Waals surface area (Å²) in [7, 11) is 0. The highest BCUT2D eigenvalue weighted by atomic mass is 35.5. The highest BCUT2D eigenvalue weighted by Gasteiger charge is 2.24. The quantitative estimate of drug-likeness (QED) is 0.338. The fourth-order valence-corrected chi connectivity index (χ4v) is 5.52. The third kappa shape index (κ3) is 5.26. The predicted octanol–water partition coefficient (Wildman–Crippen LogP) is 5.89. The van der Waals surface area contributed by atoms with Crippen LogP contribution in [0.2, 0.25) is 4.34 Å². The number of nitrogens with one attached hydrogen (secondary N) is 1. The van der Waals surface area contributed by atoms with E-state index in [4.69, 9.17) is 20.9 Å². The Morgan fingerprint density at radius 1 is 1.28 bits per heavy atom. The second kappa shape index (κ2) is 10.3. The van der Waals surface area contributed by atoms with Crippen LogP contribution < -0.4 is 10.1 Å². The summed E-state index contributed by atoms with van der Waals surface area (Å²) in [5.41, 5.74) is 2.03. The number of nitrogens with zero attached hydrogens (tertiary/aromatic N) is 4. The molecule has 1 fully saturated rings. The molecule has 0 bridgehead atoms. The first kappa shape index (κ1) is 24.4. The lowest BCUT2D eigenvalue weighted by Gasteiger charge is -2.34. The molecular formula is C26H26ClN5O3S. The molecule has 0 atom stereocenters. The van der Waals surface area contributed by atoms with Crippen molar-refractivity contribution in [2.24, 2.45) is 0 Å². The Balaban J connectivity index is 1.36. The molecule has 1 N–H and O–H groups in total. The van der Waals surface area contributed by atoms with E-state index in [0.29, 0.717) is 39.8 Å². The highest BCUT2D eigenvalue weighted by molar-refractivity contribution is 7.19. The van der Waals surface area contributed by atoms with Crippen molar-refractivity contribution in [2.75, 3.05) is 13.1 Å². The molecular weight excluding hydrogens is 498 g/mol. The number of carbonyl (C=O) groups excluding carboxylic acids is 1. The lowest BCUT2D eigenvalue weighted by Crippen LogP contribution is -2.47. The highest BCUT2D eigenvalue weighted by Crippen LogP contribution is 2.33. The molecule has 0 unspecified atom stereocenters. The minimum atomic E-state index is -0.489. The molecule has 1 amide bonds. The molecule has 1 saturated heterocycles. The van der Waals surface area contributed by atoms with E-state index in [1.54, 1.807) is 18.2 Å². The number of thiophene rings is 1. The van der Waals surface area contributed by atoms with Gasteiger partial charge in [-0.2, -0.15) is 5.26 Å². The molecule has 0 spiro atoms. The molecule has 0 saturated carbocycles. The average Bonchev–Trinajstić information content (AvgIpc) is 3.58. The van der Waals surface area contributed by atoms with E-state index in [0.717, 1.165) is 41.7 Å². The van der Waals surface area contributed by atoms with Crippen molar-refractivity contribution >= 4 is 39.9 Å². The van der Waals surface area contributed by atoms with Gasteiger partial charge in [0.05, 0.1) is 32.9 Å². The summed E-state index contributed by atoms with van der Waals surface area (Å²) >= 11 is 7.47. The average molecular weight is 524 g/mol. The van der Waals surface area contributed by atoms with E-state index in [1.165, 1.54) is 11.3 Å². The number of rotatable bonds is 6. The van der Waals surface area contributed by atoms with E-state index >= 15 is 0 Å². The molecule has 1 aliphatic rings. The molecule has 4 aromatic rings. The molecule has 1 aliphatic heterocycles. The molecule has 36 heavy (non-hydrogen) atoms. The number of likely N-dealkylation sites (tertiary alicyclic amines) is 1. The standard InChI is InChI=1S/C26H26ClN5O3S/c1-16(2)31-9-7-19(8-10-31)29-26(33)34-25-12-18-11-17(14-28)3-4-21(18)32(25)15-20-13-22(35-30-20)23-5-6-24(27)36-23/h3-6,11-13,16,19H,7-10,15H2,1-2H3,(H,29,33). The van der Waals surface area contributed by atoms with Gasteiger partial charge in [-0.25, -0.2) is 4.79 Å². The Labute approximate surface area is 218 Å². The summed E-state index contributed by atoms with van der Waals surface area (Å²) in [6, 6.07) is 15.4. The van der Waals surface area contributed by atoms with Crippen molar-refractivity contribution in [3.63, 3.8) is 0 Å². The normalized spacial score (nSPS) is 14.9. The number of hydrogen-bond donors (Lipinski definition) is 1. The van der Waals surface area contributed by atoms with Crippen LogP contribution in [0.25, 0.3) is 21.5 Å². The van der Waals surface area contributed by atoms with Gasteiger partial charge in [-0.3, -0.25) is 0 Å². The van der Waals surface area contributed by atoms with Gasteiger partial charge in [0, 0.05) is 42.7 Å². The van der Waals surface area contributed by atoms with Gasteiger partial charge in [0.15, 0.2) is 5.76 Å². The summed E-state index contributed by atoms with van der Waals surface area (Å²) < 4.78 is 13.9. The van der Waals surface area contributed by atoms with Crippen molar-refractivity contribution in [3.8, 4) is 22.6 Å². The number of piperidine rings is 1. The molecule has 10 heteroatoms. The Hall–Kier alpha value is -3.32. The zero-order valence-corrected chi connectivity index (χ0v) is 21.6. The third-order valence-electron chi connectivity index (χ3n) is 6.47. The summed E-state index contributed by atoms with van der Waals surface area (Å²) in [5.74, 6) is 0.999. The third-order valence-corrected chi connectivity index (χ3v) is 7.71. The summed E-state index contributed by atoms with van der Waals surface area (Å²) in [4.78, 5) is 16.1. The fourth-order valence-electron chi connectivity index (χ4n) is 4.53. The first-order chi connectivity index (χ1) is 17.4. The van der Waals surface area contributed by atoms with Crippen LogP contribution in [0.4, 0.5) is 4.79 Å². The van der Waals surface area contributed by atoms with Crippen molar-refractivity contribution in [3.05, 3.63) is 58.1 Å². The van der Waals surface area contributed by atoms with Gasteiger partial charge in [-0.05, 0) is 57.0 Å². The van der Waals surface area contributed by atoms with Crippen LogP contribution in [0.3, 0.4) is 0 Å². The van der Waals surface area contributed by atoms with Crippen molar-refractivity contribution in [1.29, 1.82) is 5.26 Å². The summed E-state index contributed by atoms with van der Waals surface area (Å²) in [5, 5.41) is 17.3. The molecule has 8 nitrogen and oxygen atoms in total. The SMILES string of the molecule is CC(C)N1CCC(NC(=O)Oc2cc3cc(C#N)ccc3n2Cc2cc(-c3ccc(Cl)s3)on2)CC1. The van der Waals surface area contributed by atoms with Crippen LogP contribution >= 0.6 is 22.9 Å². The number of halogens is 1. The number of aromatic nitrogens is 2. The first-order valence-corrected chi connectivity index (χ1v) is 13.1. The maximum atomic E-state index is 12.8. The van der Waals surface area contributed by atoms with Crippen LogP contribution in [0.15, 0.2) is 47.0 Å². The van der Waals surface area contributed by atoms with Gasteiger partial charge in [-0.1, -0.05) is 16.8 Å². The minimum absolute atomic E-state index is 0.0752. The zero-order valence-electron chi connectivity index (χ0n) is 20.0. The monoisotopic (exact) mass is 523 g/mol. The molecule has 3 aromatic heterocycles.